The number of anilines is 2. The summed E-state index contributed by atoms with van der Waals surface area (Å²) in [5.74, 6) is 5.28. The van der Waals surface area contributed by atoms with E-state index in [1.54, 1.807) is 12.1 Å². The van der Waals surface area contributed by atoms with Gasteiger partial charge in [-0.1, -0.05) is 25.5 Å². The fraction of sp³-hybridized carbons (Fsp3) is 0.231. The number of sulfonamides is 1. The Hall–Kier alpha value is -2.19. The van der Waals surface area contributed by atoms with Gasteiger partial charge < -0.3 is 0 Å². The normalized spacial score (nSPS) is 11.1. The Morgan fingerprint density at radius 1 is 1.14 bits per heavy atom. The van der Waals surface area contributed by atoms with Gasteiger partial charge >= 0.3 is 0 Å². The molecule has 0 atom stereocenters. The van der Waals surface area contributed by atoms with Crippen LogP contribution in [0.1, 0.15) is 18.9 Å². The second kappa shape index (κ2) is 6.51. The van der Waals surface area contributed by atoms with Crippen LogP contribution in [0.3, 0.4) is 0 Å². The van der Waals surface area contributed by atoms with Crippen LogP contribution < -0.4 is 16.0 Å². The second-order valence-corrected chi connectivity index (χ2v) is 6.12. The lowest BCUT2D eigenvalue weighted by Gasteiger charge is -2.08. The van der Waals surface area contributed by atoms with E-state index in [2.05, 4.69) is 27.0 Å². The highest BCUT2D eigenvalue weighted by molar-refractivity contribution is 7.92. The number of aryl methyl sites for hydroxylation is 1. The number of benzene rings is 1. The molecule has 0 aliphatic heterocycles. The molecule has 2 rings (SSSR count). The first kappa shape index (κ1) is 15.2. The van der Waals surface area contributed by atoms with Crippen molar-refractivity contribution in [1.29, 1.82) is 0 Å². The number of nitrogen functional groups attached to an aromatic ring is 1. The predicted octanol–water partition coefficient (Wildman–Crippen LogP) is 1.52. The van der Waals surface area contributed by atoms with Gasteiger partial charge in [0.05, 0.1) is 12.4 Å². The quantitative estimate of drug-likeness (QED) is 0.551. The third-order valence-electron chi connectivity index (χ3n) is 2.81. The summed E-state index contributed by atoms with van der Waals surface area (Å²) in [4.78, 5) is 7.53. The molecule has 0 unspecified atom stereocenters. The molecule has 1 aromatic carbocycles. The van der Waals surface area contributed by atoms with Crippen LogP contribution in [-0.4, -0.2) is 18.4 Å². The van der Waals surface area contributed by atoms with E-state index < -0.39 is 10.0 Å². The first-order valence-electron chi connectivity index (χ1n) is 6.45. The highest BCUT2D eigenvalue weighted by atomic mass is 32.2. The summed E-state index contributed by atoms with van der Waals surface area (Å²) < 4.78 is 26.8. The maximum absolute atomic E-state index is 12.2. The van der Waals surface area contributed by atoms with E-state index in [0.717, 1.165) is 12.8 Å². The number of nitrogens with one attached hydrogen (secondary N) is 2. The van der Waals surface area contributed by atoms with Gasteiger partial charge in [-0.15, -0.1) is 0 Å². The van der Waals surface area contributed by atoms with Crippen LogP contribution in [0.25, 0.3) is 0 Å². The van der Waals surface area contributed by atoms with Gasteiger partial charge in [0.2, 0.25) is 5.95 Å². The van der Waals surface area contributed by atoms with E-state index in [1.165, 1.54) is 18.0 Å². The van der Waals surface area contributed by atoms with E-state index in [-0.39, 0.29) is 10.8 Å². The van der Waals surface area contributed by atoms with Crippen molar-refractivity contribution in [3.63, 3.8) is 0 Å². The van der Waals surface area contributed by atoms with E-state index in [1.807, 2.05) is 12.1 Å². The molecule has 0 aliphatic rings. The summed E-state index contributed by atoms with van der Waals surface area (Å²) in [7, 11) is -3.71. The van der Waals surface area contributed by atoms with Crippen LogP contribution in [0.4, 0.5) is 11.6 Å². The number of rotatable bonds is 6. The Morgan fingerprint density at radius 3 is 2.29 bits per heavy atom. The predicted molar refractivity (Wildman–Crippen MR) is 81.1 cm³/mol. The molecule has 0 aliphatic carbocycles. The Balaban J connectivity index is 2.16. The van der Waals surface area contributed by atoms with Crippen molar-refractivity contribution in [1.82, 2.24) is 9.97 Å². The van der Waals surface area contributed by atoms with Crippen LogP contribution in [-0.2, 0) is 16.4 Å². The Morgan fingerprint density at radius 2 is 1.76 bits per heavy atom. The van der Waals surface area contributed by atoms with Crippen LogP contribution in [0.2, 0.25) is 0 Å². The van der Waals surface area contributed by atoms with E-state index in [9.17, 15) is 8.42 Å². The van der Waals surface area contributed by atoms with Gasteiger partial charge in [0.15, 0.2) is 0 Å². The van der Waals surface area contributed by atoms with Crippen molar-refractivity contribution in [2.24, 2.45) is 5.84 Å². The number of hydrazine groups is 1. The molecule has 2 aromatic rings. The fourth-order valence-corrected chi connectivity index (χ4v) is 2.72. The monoisotopic (exact) mass is 307 g/mol. The molecule has 0 radical (unpaired) electrons. The fourth-order valence-electron chi connectivity index (χ4n) is 1.77. The smallest absolute Gasteiger partial charge is 0.264 e. The number of nitrogens with zero attached hydrogens (tertiary/aromatic N) is 2. The molecule has 0 saturated heterocycles. The Labute approximate surface area is 123 Å². The van der Waals surface area contributed by atoms with Gasteiger partial charge in [0, 0.05) is 5.69 Å². The highest BCUT2D eigenvalue weighted by Crippen LogP contribution is 2.16. The number of nitrogens with two attached hydrogens (primary N) is 1. The molecule has 0 spiro atoms. The molecule has 0 amide bonds. The number of aromatic nitrogens is 2. The first-order chi connectivity index (χ1) is 10.0. The average Bonchev–Trinajstić information content (AvgIpc) is 2.49. The topological polar surface area (TPSA) is 110 Å². The SMILES string of the molecule is CCCc1ccc(NS(=O)(=O)c2cnc(NN)nc2)cc1. The van der Waals surface area contributed by atoms with Crippen molar-refractivity contribution < 1.29 is 8.42 Å². The van der Waals surface area contributed by atoms with Crippen LogP contribution in [0, 0.1) is 0 Å². The third-order valence-corrected chi connectivity index (χ3v) is 4.15. The molecule has 21 heavy (non-hydrogen) atoms. The summed E-state index contributed by atoms with van der Waals surface area (Å²) in [6.07, 6.45) is 4.39. The van der Waals surface area contributed by atoms with E-state index >= 15 is 0 Å². The number of hydrogen-bond acceptors (Lipinski definition) is 6. The van der Waals surface area contributed by atoms with Gasteiger partial charge in [0.1, 0.15) is 4.90 Å². The lowest BCUT2D eigenvalue weighted by molar-refractivity contribution is 0.600. The van der Waals surface area contributed by atoms with Gasteiger partial charge in [-0.05, 0) is 24.1 Å². The molecule has 4 N–H and O–H groups in total. The van der Waals surface area contributed by atoms with E-state index in [0.29, 0.717) is 5.69 Å². The summed E-state index contributed by atoms with van der Waals surface area (Å²) in [5.41, 5.74) is 3.90. The molecule has 0 saturated carbocycles. The molecule has 0 bridgehead atoms. The first-order valence-corrected chi connectivity index (χ1v) is 7.94. The van der Waals surface area contributed by atoms with Crippen molar-refractivity contribution in [2.75, 3.05) is 10.1 Å². The van der Waals surface area contributed by atoms with Crippen molar-refractivity contribution in [3.8, 4) is 0 Å². The van der Waals surface area contributed by atoms with Gasteiger partial charge in [-0.3, -0.25) is 10.1 Å². The molecule has 7 nitrogen and oxygen atoms in total. The van der Waals surface area contributed by atoms with Crippen LogP contribution in [0.5, 0.6) is 0 Å². The molecule has 8 heteroatoms. The van der Waals surface area contributed by atoms with Gasteiger partial charge in [-0.25, -0.2) is 24.2 Å². The van der Waals surface area contributed by atoms with Gasteiger partial charge in [-0.2, -0.15) is 0 Å². The second-order valence-electron chi connectivity index (χ2n) is 4.44. The average molecular weight is 307 g/mol. The highest BCUT2D eigenvalue weighted by Gasteiger charge is 2.15. The summed E-state index contributed by atoms with van der Waals surface area (Å²) in [6.45, 7) is 2.09. The molecule has 112 valence electrons. The zero-order chi connectivity index (χ0) is 15.3. The molecule has 0 fully saturated rings. The van der Waals surface area contributed by atoms with Crippen LogP contribution in [0.15, 0.2) is 41.6 Å². The minimum atomic E-state index is -3.71. The molecule has 1 aromatic heterocycles. The zero-order valence-corrected chi connectivity index (χ0v) is 12.4. The summed E-state index contributed by atoms with van der Waals surface area (Å²) >= 11 is 0. The number of hydrogen-bond donors (Lipinski definition) is 3. The summed E-state index contributed by atoms with van der Waals surface area (Å²) in [6, 6.07) is 7.27. The minimum absolute atomic E-state index is 0.0286. The maximum atomic E-state index is 12.2. The minimum Gasteiger partial charge on any atom is -0.292 e. The Bertz CT molecular complexity index is 684. The van der Waals surface area contributed by atoms with Gasteiger partial charge in [0.25, 0.3) is 10.0 Å². The zero-order valence-electron chi connectivity index (χ0n) is 11.6. The lowest BCUT2D eigenvalue weighted by Crippen LogP contribution is -2.15. The van der Waals surface area contributed by atoms with E-state index in [4.69, 9.17) is 5.84 Å². The van der Waals surface area contributed by atoms with Crippen LogP contribution >= 0.6 is 0 Å². The molecular weight excluding hydrogens is 290 g/mol. The summed E-state index contributed by atoms with van der Waals surface area (Å²) in [5, 5.41) is 0. The largest absolute Gasteiger partial charge is 0.292 e. The van der Waals surface area contributed by atoms with Crippen molar-refractivity contribution in [2.45, 2.75) is 24.7 Å². The lowest BCUT2D eigenvalue weighted by atomic mass is 10.1. The Kier molecular flexibility index (Phi) is 4.71. The third kappa shape index (κ3) is 3.89. The van der Waals surface area contributed by atoms with Crippen molar-refractivity contribution >= 4 is 21.7 Å². The maximum Gasteiger partial charge on any atom is 0.264 e. The van der Waals surface area contributed by atoms with Crippen molar-refractivity contribution in [3.05, 3.63) is 42.2 Å². The molecular formula is C13H17N5O2S. The molecule has 1 heterocycles. The standard InChI is InChI=1S/C13H17N5O2S/c1-2-3-10-4-6-11(7-5-10)18-21(19,20)12-8-15-13(17-14)16-9-12/h4-9,18H,2-3,14H2,1H3,(H,15,16,17).